The number of hydrogen-bond donors (Lipinski definition) is 2. The molecule has 2 rings (SSSR count). The first-order valence-electron chi connectivity index (χ1n) is 7.98. The second kappa shape index (κ2) is 11.1. The Morgan fingerprint density at radius 1 is 1.21 bits per heavy atom. The average Bonchev–Trinajstić information content (AvgIpc) is 3.06. The summed E-state index contributed by atoms with van der Waals surface area (Å²) in [6.07, 6.45) is 3.50. The zero-order valence-corrected chi connectivity index (χ0v) is 16.5. The molecule has 4 nitrogen and oxygen atoms in total. The van der Waals surface area contributed by atoms with Gasteiger partial charge in [-0.25, -0.2) is 9.38 Å². The summed E-state index contributed by atoms with van der Waals surface area (Å²) in [5.74, 6) is 1.53. The Bertz CT molecular complexity index is 629. The monoisotopic (exact) mass is 445 g/mol. The van der Waals surface area contributed by atoms with Crippen molar-refractivity contribution in [2.45, 2.75) is 33.2 Å². The number of benzene rings is 1. The van der Waals surface area contributed by atoms with Crippen molar-refractivity contribution in [3.63, 3.8) is 0 Å². The number of aryl methyl sites for hydroxylation is 1. The van der Waals surface area contributed by atoms with Crippen molar-refractivity contribution in [2.24, 2.45) is 4.99 Å². The number of rotatable bonds is 7. The van der Waals surface area contributed by atoms with Crippen molar-refractivity contribution in [1.29, 1.82) is 0 Å². The Labute approximate surface area is 160 Å². The van der Waals surface area contributed by atoms with Crippen molar-refractivity contribution < 1.29 is 8.81 Å². The molecule has 2 aromatic rings. The first-order valence-corrected chi connectivity index (χ1v) is 7.98. The second-order valence-corrected chi connectivity index (χ2v) is 5.43. The summed E-state index contributed by atoms with van der Waals surface area (Å²) in [6, 6.07) is 8.94. The number of guanidine groups is 1. The molecule has 0 radical (unpaired) electrons. The van der Waals surface area contributed by atoms with Gasteiger partial charge >= 0.3 is 0 Å². The summed E-state index contributed by atoms with van der Waals surface area (Å²) in [5, 5.41) is 6.57. The van der Waals surface area contributed by atoms with Crippen molar-refractivity contribution in [2.75, 3.05) is 13.1 Å². The van der Waals surface area contributed by atoms with Crippen LogP contribution in [0.1, 0.15) is 30.2 Å². The van der Waals surface area contributed by atoms with E-state index in [1.807, 2.05) is 18.2 Å². The van der Waals surface area contributed by atoms with Gasteiger partial charge in [0.15, 0.2) is 5.96 Å². The number of hydrogen-bond acceptors (Lipinski definition) is 2. The van der Waals surface area contributed by atoms with Gasteiger partial charge in [0.25, 0.3) is 0 Å². The molecule has 0 saturated carbocycles. The molecule has 1 aromatic carbocycles. The van der Waals surface area contributed by atoms with Crippen LogP contribution in [0.4, 0.5) is 4.39 Å². The van der Waals surface area contributed by atoms with E-state index in [1.54, 1.807) is 19.3 Å². The Morgan fingerprint density at radius 3 is 2.67 bits per heavy atom. The number of nitrogens with zero attached hydrogens (tertiary/aromatic N) is 1. The maximum Gasteiger partial charge on any atom is 0.191 e. The zero-order chi connectivity index (χ0) is 16.5. The Hall–Kier alpha value is -1.57. The van der Waals surface area contributed by atoms with Gasteiger partial charge < -0.3 is 15.1 Å². The highest BCUT2D eigenvalue weighted by Gasteiger charge is 2.02. The first kappa shape index (κ1) is 20.5. The molecule has 0 bridgehead atoms. The number of aliphatic imine (C=N–C) groups is 1. The van der Waals surface area contributed by atoms with E-state index in [0.717, 1.165) is 43.2 Å². The van der Waals surface area contributed by atoms with Crippen molar-refractivity contribution in [1.82, 2.24) is 10.6 Å². The minimum absolute atomic E-state index is 0. The van der Waals surface area contributed by atoms with Crippen molar-refractivity contribution >= 4 is 29.9 Å². The molecular formula is C18H25FIN3O. The maximum absolute atomic E-state index is 13.3. The van der Waals surface area contributed by atoms with Crippen LogP contribution >= 0.6 is 24.0 Å². The summed E-state index contributed by atoms with van der Waals surface area (Å²) in [5.41, 5.74) is 1.64. The van der Waals surface area contributed by atoms with Crippen molar-refractivity contribution in [3.05, 3.63) is 59.3 Å². The highest BCUT2D eigenvalue weighted by atomic mass is 127. The molecule has 2 N–H and O–H groups in total. The molecule has 0 aliphatic carbocycles. The maximum atomic E-state index is 13.3. The molecule has 0 spiro atoms. The SMILES string of the molecule is CCCNC(=NCc1ccc(F)c(C)c1)NCCc1ccco1.I. The van der Waals surface area contributed by atoms with Gasteiger partial charge in [-0.15, -0.1) is 24.0 Å². The molecule has 0 amide bonds. The molecule has 1 aromatic heterocycles. The predicted octanol–water partition coefficient (Wildman–Crippen LogP) is 4.03. The molecule has 1 heterocycles. The van der Waals surface area contributed by atoms with Crippen LogP contribution in [-0.2, 0) is 13.0 Å². The highest BCUT2D eigenvalue weighted by molar-refractivity contribution is 14.0. The quantitative estimate of drug-likeness (QED) is 0.385. The van der Waals surface area contributed by atoms with Crippen LogP contribution in [0.3, 0.4) is 0 Å². The highest BCUT2D eigenvalue weighted by Crippen LogP contribution is 2.10. The van der Waals surface area contributed by atoms with Crippen molar-refractivity contribution in [3.8, 4) is 0 Å². The van der Waals surface area contributed by atoms with Crippen LogP contribution in [0.15, 0.2) is 46.0 Å². The van der Waals surface area contributed by atoms with Gasteiger partial charge in [0.1, 0.15) is 11.6 Å². The minimum Gasteiger partial charge on any atom is -0.469 e. The molecule has 6 heteroatoms. The lowest BCUT2D eigenvalue weighted by atomic mass is 10.1. The summed E-state index contributed by atoms with van der Waals surface area (Å²) < 4.78 is 18.6. The summed E-state index contributed by atoms with van der Waals surface area (Å²) >= 11 is 0. The third kappa shape index (κ3) is 6.90. The van der Waals surface area contributed by atoms with E-state index in [1.165, 1.54) is 6.07 Å². The molecule has 0 aliphatic heterocycles. The lowest BCUT2D eigenvalue weighted by molar-refractivity contribution is 0.506. The molecule has 0 unspecified atom stereocenters. The third-order valence-electron chi connectivity index (χ3n) is 3.43. The minimum atomic E-state index is -0.182. The smallest absolute Gasteiger partial charge is 0.191 e. The van der Waals surface area contributed by atoms with Crippen LogP contribution in [0.2, 0.25) is 0 Å². The van der Waals surface area contributed by atoms with Crippen LogP contribution in [0, 0.1) is 12.7 Å². The number of nitrogens with one attached hydrogen (secondary N) is 2. The fourth-order valence-electron chi connectivity index (χ4n) is 2.15. The summed E-state index contributed by atoms with van der Waals surface area (Å²) in [4.78, 5) is 4.56. The zero-order valence-electron chi connectivity index (χ0n) is 14.1. The number of furan rings is 1. The van der Waals surface area contributed by atoms with Crippen LogP contribution < -0.4 is 10.6 Å². The molecule has 0 fully saturated rings. The van der Waals surface area contributed by atoms with E-state index in [9.17, 15) is 4.39 Å². The molecule has 132 valence electrons. The van der Waals surface area contributed by atoms with E-state index in [4.69, 9.17) is 4.42 Å². The average molecular weight is 445 g/mol. The summed E-state index contributed by atoms with van der Waals surface area (Å²) in [6.45, 7) is 5.98. The summed E-state index contributed by atoms with van der Waals surface area (Å²) in [7, 11) is 0. The van der Waals surface area contributed by atoms with E-state index in [2.05, 4.69) is 22.5 Å². The van der Waals surface area contributed by atoms with Gasteiger partial charge in [-0.05, 0) is 42.7 Å². The third-order valence-corrected chi connectivity index (χ3v) is 3.43. The Kier molecular flexibility index (Phi) is 9.44. The lowest BCUT2D eigenvalue weighted by Gasteiger charge is -2.11. The van der Waals surface area contributed by atoms with Gasteiger partial charge in [-0.1, -0.05) is 19.1 Å². The first-order chi connectivity index (χ1) is 11.2. The van der Waals surface area contributed by atoms with Gasteiger partial charge in [0, 0.05) is 19.5 Å². The van der Waals surface area contributed by atoms with Gasteiger partial charge in [-0.3, -0.25) is 0 Å². The standard InChI is InChI=1S/C18H24FN3O.HI/c1-3-9-20-18(21-10-8-16-5-4-11-23-16)22-13-15-6-7-17(19)14(2)12-15;/h4-7,11-12H,3,8-10,13H2,1-2H3,(H2,20,21,22);1H. The molecule has 0 atom stereocenters. The van der Waals surface area contributed by atoms with Crippen LogP contribution in [0.5, 0.6) is 0 Å². The second-order valence-electron chi connectivity index (χ2n) is 5.43. The predicted molar refractivity (Wildman–Crippen MR) is 106 cm³/mol. The fourth-order valence-corrected chi connectivity index (χ4v) is 2.15. The largest absolute Gasteiger partial charge is 0.469 e. The molecule has 24 heavy (non-hydrogen) atoms. The van der Waals surface area contributed by atoms with E-state index in [-0.39, 0.29) is 29.8 Å². The van der Waals surface area contributed by atoms with Gasteiger partial charge in [0.2, 0.25) is 0 Å². The molecule has 0 aliphatic rings. The molecular weight excluding hydrogens is 420 g/mol. The van der Waals surface area contributed by atoms with Gasteiger partial charge in [0.05, 0.1) is 12.8 Å². The Morgan fingerprint density at radius 2 is 2.00 bits per heavy atom. The van der Waals surface area contributed by atoms with E-state index in [0.29, 0.717) is 12.1 Å². The Balaban J connectivity index is 0.00000288. The topological polar surface area (TPSA) is 49.6 Å². The number of halogens is 2. The fraction of sp³-hybridized carbons (Fsp3) is 0.389. The van der Waals surface area contributed by atoms with E-state index >= 15 is 0 Å². The van der Waals surface area contributed by atoms with Crippen LogP contribution in [0.25, 0.3) is 0 Å². The van der Waals surface area contributed by atoms with E-state index < -0.39 is 0 Å². The normalized spacial score (nSPS) is 11.0. The van der Waals surface area contributed by atoms with Crippen LogP contribution in [-0.4, -0.2) is 19.0 Å². The van der Waals surface area contributed by atoms with Gasteiger partial charge in [-0.2, -0.15) is 0 Å². The lowest BCUT2D eigenvalue weighted by Crippen LogP contribution is -2.38. The molecule has 0 saturated heterocycles.